The molecule has 0 unspecified atom stereocenters. The molecule has 0 aliphatic heterocycles. The molecule has 2 N–H and O–H groups in total. The van der Waals surface area contributed by atoms with E-state index in [1.165, 1.54) is 12.1 Å². The first-order chi connectivity index (χ1) is 10.1. The zero-order valence-corrected chi connectivity index (χ0v) is 12.5. The van der Waals surface area contributed by atoms with Crippen LogP contribution in [0.3, 0.4) is 0 Å². The number of benzene rings is 2. The highest BCUT2D eigenvalue weighted by molar-refractivity contribution is 6.68. The molecule has 0 radical (unpaired) electrons. The molecule has 0 saturated carbocycles. The van der Waals surface area contributed by atoms with Crippen molar-refractivity contribution in [1.82, 2.24) is 0 Å². The van der Waals surface area contributed by atoms with Crippen molar-refractivity contribution in [2.75, 3.05) is 18.5 Å². The minimum atomic E-state index is -0.700. The van der Waals surface area contributed by atoms with Gasteiger partial charge in [0.2, 0.25) is 0 Å². The van der Waals surface area contributed by atoms with E-state index in [-0.39, 0.29) is 11.3 Å². The Bertz CT molecular complexity index is 629. The Labute approximate surface area is 132 Å². The number of anilines is 1. The van der Waals surface area contributed by atoms with Gasteiger partial charge in [-0.2, -0.15) is 0 Å². The number of nitrogens with one attached hydrogen (secondary N) is 1. The normalized spacial score (nSPS) is 10.2. The van der Waals surface area contributed by atoms with E-state index in [9.17, 15) is 9.90 Å². The van der Waals surface area contributed by atoms with Gasteiger partial charge in [-0.3, -0.25) is 4.79 Å². The molecule has 110 valence electrons. The Hall–Kier alpha value is -1.91. The third-order valence-corrected chi connectivity index (χ3v) is 3.18. The van der Waals surface area contributed by atoms with Gasteiger partial charge in [-0.15, -0.1) is 0 Å². The lowest BCUT2D eigenvalue weighted by molar-refractivity contribution is 0.107. The summed E-state index contributed by atoms with van der Waals surface area (Å²) in [7, 11) is 0. The summed E-state index contributed by atoms with van der Waals surface area (Å²) < 4.78 is 5.52. The number of hydrogen-bond acceptors (Lipinski definition) is 4. The van der Waals surface area contributed by atoms with Crippen LogP contribution >= 0.6 is 23.2 Å². The van der Waals surface area contributed by atoms with E-state index in [1.54, 1.807) is 30.3 Å². The summed E-state index contributed by atoms with van der Waals surface area (Å²) >= 11 is 11.2. The monoisotopic (exact) mass is 325 g/mol. The third-order valence-electron chi connectivity index (χ3n) is 2.72. The lowest BCUT2D eigenvalue weighted by atomic mass is 10.2. The molecule has 21 heavy (non-hydrogen) atoms. The highest BCUT2D eigenvalue weighted by atomic mass is 35.5. The average molecular weight is 326 g/mol. The van der Waals surface area contributed by atoms with Gasteiger partial charge in [0.25, 0.3) is 5.24 Å². The van der Waals surface area contributed by atoms with Crippen molar-refractivity contribution in [3.63, 3.8) is 0 Å². The Kier molecular flexibility index (Phi) is 5.31. The Morgan fingerprint density at radius 1 is 1.19 bits per heavy atom. The Morgan fingerprint density at radius 3 is 2.57 bits per heavy atom. The van der Waals surface area contributed by atoms with E-state index < -0.39 is 5.24 Å². The van der Waals surface area contributed by atoms with Crippen molar-refractivity contribution in [2.24, 2.45) is 0 Å². The van der Waals surface area contributed by atoms with Gasteiger partial charge in [0.15, 0.2) is 0 Å². The van der Waals surface area contributed by atoms with E-state index in [4.69, 9.17) is 27.9 Å². The molecule has 0 amide bonds. The molecule has 2 aromatic carbocycles. The summed E-state index contributed by atoms with van der Waals surface area (Å²) in [6.45, 7) is 0.968. The molecular formula is C15H13Cl2NO3. The van der Waals surface area contributed by atoms with Gasteiger partial charge in [0.1, 0.15) is 18.1 Å². The molecule has 2 rings (SSSR count). The SMILES string of the molecule is O=C(Cl)c1cc(NCCOc2ccc(Cl)cc2)ccc1O. The van der Waals surface area contributed by atoms with E-state index in [0.717, 1.165) is 5.75 Å². The van der Waals surface area contributed by atoms with Crippen molar-refractivity contribution >= 4 is 34.1 Å². The highest BCUT2D eigenvalue weighted by Crippen LogP contribution is 2.23. The lowest BCUT2D eigenvalue weighted by Gasteiger charge is -2.10. The smallest absolute Gasteiger partial charge is 0.256 e. The standard InChI is InChI=1S/C15H13Cl2NO3/c16-10-1-4-12(5-2-10)21-8-7-18-11-3-6-14(19)13(9-11)15(17)20/h1-6,9,18-19H,7-8H2. The molecule has 0 aromatic heterocycles. The van der Waals surface area contributed by atoms with Crippen LogP contribution in [0.4, 0.5) is 5.69 Å². The average Bonchev–Trinajstić information content (AvgIpc) is 2.46. The molecule has 0 spiro atoms. The molecule has 0 fully saturated rings. The lowest BCUT2D eigenvalue weighted by Crippen LogP contribution is -2.11. The van der Waals surface area contributed by atoms with Crippen LogP contribution < -0.4 is 10.1 Å². The van der Waals surface area contributed by atoms with Gasteiger partial charge in [-0.1, -0.05) is 11.6 Å². The molecule has 0 heterocycles. The van der Waals surface area contributed by atoms with E-state index in [0.29, 0.717) is 23.9 Å². The van der Waals surface area contributed by atoms with Crippen LogP contribution in [-0.2, 0) is 0 Å². The molecule has 4 nitrogen and oxygen atoms in total. The number of phenols is 1. The molecule has 0 bridgehead atoms. The molecule has 2 aromatic rings. The molecule has 0 atom stereocenters. The quantitative estimate of drug-likeness (QED) is 0.480. The zero-order chi connectivity index (χ0) is 15.2. The number of phenolic OH excluding ortho intramolecular Hbond substituents is 1. The summed E-state index contributed by atoms with van der Waals surface area (Å²) in [5.41, 5.74) is 0.747. The summed E-state index contributed by atoms with van der Waals surface area (Å²) in [5, 5.41) is 12.5. The Morgan fingerprint density at radius 2 is 1.90 bits per heavy atom. The topological polar surface area (TPSA) is 58.6 Å². The highest BCUT2D eigenvalue weighted by Gasteiger charge is 2.08. The first kappa shape index (κ1) is 15.5. The van der Waals surface area contributed by atoms with Gasteiger partial charge >= 0.3 is 0 Å². The van der Waals surface area contributed by atoms with Crippen molar-refractivity contribution in [2.45, 2.75) is 0 Å². The summed E-state index contributed by atoms with van der Waals surface area (Å²) in [4.78, 5) is 11.1. The number of carbonyl (C=O) groups is 1. The minimum absolute atomic E-state index is 0.0697. The van der Waals surface area contributed by atoms with Crippen molar-refractivity contribution in [3.05, 3.63) is 53.1 Å². The van der Waals surface area contributed by atoms with E-state index in [2.05, 4.69) is 5.32 Å². The number of ether oxygens (including phenoxy) is 1. The van der Waals surface area contributed by atoms with Crippen LogP contribution in [0.2, 0.25) is 5.02 Å². The maximum absolute atomic E-state index is 11.1. The molecular weight excluding hydrogens is 313 g/mol. The third kappa shape index (κ3) is 4.55. The van der Waals surface area contributed by atoms with Gasteiger partial charge in [-0.25, -0.2) is 0 Å². The maximum atomic E-state index is 11.1. The first-order valence-electron chi connectivity index (χ1n) is 6.21. The number of rotatable bonds is 6. The fourth-order valence-electron chi connectivity index (χ4n) is 1.70. The zero-order valence-electron chi connectivity index (χ0n) is 11.0. The number of aromatic hydroxyl groups is 1. The summed E-state index contributed by atoms with van der Waals surface area (Å²) in [5.74, 6) is 0.585. The van der Waals surface area contributed by atoms with Gasteiger partial charge in [-0.05, 0) is 54.1 Å². The minimum Gasteiger partial charge on any atom is -0.507 e. The first-order valence-corrected chi connectivity index (χ1v) is 6.97. The molecule has 0 saturated heterocycles. The maximum Gasteiger partial charge on any atom is 0.256 e. The molecule has 0 aliphatic rings. The second kappa shape index (κ2) is 7.20. The molecule has 0 aliphatic carbocycles. The fourth-order valence-corrected chi connectivity index (χ4v) is 1.98. The predicted octanol–water partition coefficient (Wildman–Crippen LogP) is 3.92. The fraction of sp³-hybridized carbons (Fsp3) is 0.133. The van der Waals surface area contributed by atoms with Crippen molar-refractivity contribution in [1.29, 1.82) is 0 Å². The molecule has 6 heteroatoms. The van der Waals surface area contributed by atoms with Crippen LogP contribution in [0, 0.1) is 0 Å². The van der Waals surface area contributed by atoms with Crippen LogP contribution in [-0.4, -0.2) is 23.5 Å². The van der Waals surface area contributed by atoms with Crippen molar-refractivity contribution < 1.29 is 14.6 Å². The van der Waals surface area contributed by atoms with E-state index >= 15 is 0 Å². The van der Waals surface area contributed by atoms with Crippen LogP contribution in [0.1, 0.15) is 10.4 Å². The Balaban J connectivity index is 1.85. The van der Waals surface area contributed by atoms with E-state index in [1.807, 2.05) is 0 Å². The van der Waals surface area contributed by atoms with Crippen LogP contribution in [0.25, 0.3) is 0 Å². The summed E-state index contributed by atoms with van der Waals surface area (Å²) in [6, 6.07) is 11.6. The predicted molar refractivity (Wildman–Crippen MR) is 83.7 cm³/mol. The van der Waals surface area contributed by atoms with Gasteiger partial charge < -0.3 is 15.2 Å². The van der Waals surface area contributed by atoms with Crippen molar-refractivity contribution in [3.8, 4) is 11.5 Å². The second-order valence-corrected chi connectivity index (χ2v) is 5.01. The van der Waals surface area contributed by atoms with Crippen LogP contribution in [0.15, 0.2) is 42.5 Å². The summed E-state index contributed by atoms with van der Waals surface area (Å²) in [6.07, 6.45) is 0. The number of carbonyl (C=O) groups excluding carboxylic acids is 1. The number of hydrogen-bond donors (Lipinski definition) is 2. The van der Waals surface area contributed by atoms with Crippen LogP contribution in [0.5, 0.6) is 11.5 Å². The van der Waals surface area contributed by atoms with Gasteiger partial charge in [0.05, 0.1) is 5.56 Å². The largest absolute Gasteiger partial charge is 0.507 e. The second-order valence-electron chi connectivity index (χ2n) is 4.23. The number of halogens is 2. The van der Waals surface area contributed by atoms with Gasteiger partial charge in [0, 0.05) is 17.3 Å².